The molecule has 1 aromatic rings. The molecule has 0 spiro atoms. The van der Waals surface area contributed by atoms with Gasteiger partial charge in [0.25, 0.3) is 0 Å². The number of carboxylic acid groups (broad SMARTS) is 1. The van der Waals surface area contributed by atoms with Crippen LogP contribution in [0.1, 0.15) is 44.6 Å². The predicted molar refractivity (Wildman–Crippen MR) is 72.2 cm³/mol. The molecule has 0 saturated heterocycles. The molecule has 0 unspecified atom stereocenters. The molecule has 0 aliphatic heterocycles. The normalized spacial score (nSPS) is 10.2. The number of aryl methyl sites for hydroxylation is 1. The van der Waals surface area contributed by atoms with Crippen molar-refractivity contribution < 1.29 is 19.4 Å². The summed E-state index contributed by atoms with van der Waals surface area (Å²) in [7, 11) is 0. The summed E-state index contributed by atoms with van der Waals surface area (Å²) in [6.45, 7) is 2.15. The Morgan fingerprint density at radius 2 is 1.79 bits per heavy atom. The van der Waals surface area contributed by atoms with Gasteiger partial charge in [0.2, 0.25) is 0 Å². The van der Waals surface area contributed by atoms with E-state index >= 15 is 0 Å². The molecule has 104 valence electrons. The van der Waals surface area contributed by atoms with Crippen LogP contribution in [0.25, 0.3) is 0 Å². The number of hydrogen-bond donors (Lipinski definition) is 1. The number of ether oxygens (including phenoxy) is 1. The van der Waals surface area contributed by atoms with E-state index in [1.54, 1.807) is 12.1 Å². The first kappa shape index (κ1) is 15.2. The second-order valence-corrected chi connectivity index (χ2v) is 4.47. The van der Waals surface area contributed by atoms with Gasteiger partial charge >= 0.3 is 11.9 Å². The first-order valence-corrected chi connectivity index (χ1v) is 6.63. The van der Waals surface area contributed by atoms with Crippen LogP contribution in [-0.4, -0.2) is 17.0 Å². The molecule has 4 nitrogen and oxygen atoms in total. The zero-order valence-electron chi connectivity index (χ0n) is 11.2. The van der Waals surface area contributed by atoms with Crippen LogP contribution < -0.4 is 4.74 Å². The fourth-order valence-corrected chi connectivity index (χ4v) is 1.67. The summed E-state index contributed by atoms with van der Waals surface area (Å²) in [5.41, 5.74) is 1.23. The van der Waals surface area contributed by atoms with Crippen molar-refractivity contribution in [1.29, 1.82) is 0 Å². The van der Waals surface area contributed by atoms with E-state index in [-0.39, 0.29) is 18.8 Å². The van der Waals surface area contributed by atoms with Crippen LogP contribution in [0.15, 0.2) is 24.3 Å². The molecule has 0 aliphatic carbocycles. The Bertz CT molecular complexity index is 409. The molecule has 1 aromatic carbocycles. The number of hydrogen-bond acceptors (Lipinski definition) is 3. The van der Waals surface area contributed by atoms with Crippen LogP contribution in [-0.2, 0) is 16.0 Å². The zero-order chi connectivity index (χ0) is 14.1. The SMILES string of the molecule is CCCCc1ccc(OC(=O)CCCC(=O)O)cc1. The highest BCUT2D eigenvalue weighted by Crippen LogP contribution is 2.15. The number of esters is 1. The van der Waals surface area contributed by atoms with Crippen molar-refractivity contribution in [1.82, 2.24) is 0 Å². The molecule has 1 rings (SSSR count). The number of benzene rings is 1. The maximum absolute atomic E-state index is 11.4. The third kappa shape index (κ3) is 6.60. The topological polar surface area (TPSA) is 63.6 Å². The number of rotatable bonds is 8. The van der Waals surface area contributed by atoms with Crippen LogP contribution in [0.2, 0.25) is 0 Å². The van der Waals surface area contributed by atoms with Crippen LogP contribution in [0.5, 0.6) is 5.75 Å². The van der Waals surface area contributed by atoms with Crippen LogP contribution in [0, 0.1) is 0 Å². The Labute approximate surface area is 113 Å². The third-order valence-electron chi connectivity index (χ3n) is 2.75. The molecule has 4 heteroatoms. The highest BCUT2D eigenvalue weighted by atomic mass is 16.5. The van der Waals surface area contributed by atoms with Gasteiger partial charge in [0, 0.05) is 12.8 Å². The molecule has 0 bridgehead atoms. The van der Waals surface area contributed by atoms with Crippen molar-refractivity contribution in [2.75, 3.05) is 0 Å². The predicted octanol–water partition coefficient (Wildman–Crippen LogP) is 3.19. The van der Waals surface area contributed by atoms with E-state index < -0.39 is 5.97 Å². The minimum atomic E-state index is -0.895. The van der Waals surface area contributed by atoms with Gasteiger partial charge in [-0.1, -0.05) is 25.5 Å². The van der Waals surface area contributed by atoms with Crippen molar-refractivity contribution in [2.24, 2.45) is 0 Å². The molecule has 0 heterocycles. The summed E-state index contributed by atoms with van der Waals surface area (Å²) in [4.78, 5) is 21.7. The van der Waals surface area contributed by atoms with Crippen LogP contribution in [0.4, 0.5) is 0 Å². The largest absolute Gasteiger partial charge is 0.481 e. The Morgan fingerprint density at radius 1 is 1.11 bits per heavy atom. The molecule has 0 amide bonds. The van der Waals surface area contributed by atoms with Gasteiger partial charge < -0.3 is 9.84 Å². The van der Waals surface area contributed by atoms with Gasteiger partial charge in [0.05, 0.1) is 0 Å². The average molecular weight is 264 g/mol. The first-order chi connectivity index (χ1) is 9.11. The summed E-state index contributed by atoms with van der Waals surface area (Å²) in [5, 5.41) is 8.47. The highest BCUT2D eigenvalue weighted by molar-refractivity contribution is 5.73. The molecular formula is C15H20O4. The van der Waals surface area contributed by atoms with E-state index in [0.29, 0.717) is 12.2 Å². The number of carbonyl (C=O) groups is 2. The summed E-state index contributed by atoms with van der Waals surface area (Å²) >= 11 is 0. The lowest BCUT2D eigenvalue weighted by Crippen LogP contribution is -2.08. The molecule has 19 heavy (non-hydrogen) atoms. The number of unbranched alkanes of at least 4 members (excludes halogenated alkanes) is 1. The van der Waals surface area contributed by atoms with E-state index in [0.717, 1.165) is 19.3 Å². The third-order valence-corrected chi connectivity index (χ3v) is 2.75. The van der Waals surface area contributed by atoms with Gasteiger partial charge in [0.1, 0.15) is 5.75 Å². The van der Waals surface area contributed by atoms with Crippen molar-refractivity contribution in [2.45, 2.75) is 45.4 Å². The second-order valence-electron chi connectivity index (χ2n) is 4.47. The van der Waals surface area contributed by atoms with Crippen molar-refractivity contribution in [3.8, 4) is 5.75 Å². The number of carboxylic acids is 1. The van der Waals surface area contributed by atoms with E-state index in [9.17, 15) is 9.59 Å². The maximum atomic E-state index is 11.4. The summed E-state index contributed by atoms with van der Waals surface area (Å²) < 4.78 is 5.12. The van der Waals surface area contributed by atoms with Gasteiger partial charge in [0.15, 0.2) is 0 Å². The fourth-order valence-electron chi connectivity index (χ4n) is 1.67. The lowest BCUT2D eigenvalue weighted by atomic mass is 10.1. The van der Waals surface area contributed by atoms with Gasteiger partial charge in [-0.2, -0.15) is 0 Å². The Morgan fingerprint density at radius 3 is 2.37 bits per heavy atom. The quantitative estimate of drug-likeness (QED) is 0.578. The minimum Gasteiger partial charge on any atom is -0.481 e. The van der Waals surface area contributed by atoms with Crippen molar-refractivity contribution in [3.63, 3.8) is 0 Å². The molecular weight excluding hydrogens is 244 g/mol. The number of carbonyl (C=O) groups excluding carboxylic acids is 1. The highest BCUT2D eigenvalue weighted by Gasteiger charge is 2.06. The standard InChI is InChI=1S/C15H20O4/c1-2-3-5-12-8-10-13(11-9-12)19-15(18)7-4-6-14(16)17/h8-11H,2-7H2,1H3,(H,16,17). The molecule has 0 saturated carbocycles. The van der Waals surface area contributed by atoms with Gasteiger partial charge in [-0.05, 0) is 37.0 Å². The molecule has 1 N–H and O–H groups in total. The molecule has 0 aliphatic rings. The van der Waals surface area contributed by atoms with E-state index in [4.69, 9.17) is 9.84 Å². The lowest BCUT2D eigenvalue weighted by Gasteiger charge is -2.05. The Balaban J connectivity index is 2.35. The number of aliphatic carboxylic acids is 1. The second kappa shape index (κ2) is 8.29. The van der Waals surface area contributed by atoms with Crippen LogP contribution >= 0.6 is 0 Å². The first-order valence-electron chi connectivity index (χ1n) is 6.63. The van der Waals surface area contributed by atoms with E-state index in [1.165, 1.54) is 5.56 Å². The van der Waals surface area contributed by atoms with Crippen molar-refractivity contribution >= 4 is 11.9 Å². The fraction of sp³-hybridized carbons (Fsp3) is 0.467. The lowest BCUT2D eigenvalue weighted by molar-refractivity contribution is -0.137. The van der Waals surface area contributed by atoms with Gasteiger partial charge in [-0.3, -0.25) is 9.59 Å². The molecule has 0 atom stereocenters. The zero-order valence-corrected chi connectivity index (χ0v) is 11.2. The van der Waals surface area contributed by atoms with E-state index in [1.807, 2.05) is 12.1 Å². The van der Waals surface area contributed by atoms with Gasteiger partial charge in [-0.25, -0.2) is 0 Å². The summed E-state index contributed by atoms with van der Waals surface area (Å²) in [6, 6.07) is 7.46. The Hall–Kier alpha value is -1.84. The maximum Gasteiger partial charge on any atom is 0.311 e. The van der Waals surface area contributed by atoms with Crippen LogP contribution in [0.3, 0.4) is 0 Å². The summed E-state index contributed by atoms with van der Waals surface area (Å²) in [6.07, 6.45) is 3.76. The van der Waals surface area contributed by atoms with Crippen molar-refractivity contribution in [3.05, 3.63) is 29.8 Å². The monoisotopic (exact) mass is 264 g/mol. The van der Waals surface area contributed by atoms with E-state index in [2.05, 4.69) is 6.92 Å². The molecule has 0 radical (unpaired) electrons. The average Bonchev–Trinajstić information content (AvgIpc) is 2.37. The van der Waals surface area contributed by atoms with Gasteiger partial charge in [-0.15, -0.1) is 0 Å². The smallest absolute Gasteiger partial charge is 0.311 e. The Kier molecular flexibility index (Phi) is 6.64. The molecule has 0 fully saturated rings. The minimum absolute atomic E-state index is 0.00887. The summed E-state index contributed by atoms with van der Waals surface area (Å²) in [5.74, 6) is -0.767. The molecule has 0 aromatic heterocycles.